The van der Waals surface area contributed by atoms with Gasteiger partial charge >= 0.3 is 0 Å². The number of nitrogens with zero attached hydrogens (tertiary/aromatic N) is 1. The second-order valence-electron chi connectivity index (χ2n) is 9.68. The Morgan fingerprint density at radius 3 is 2.79 bits per heavy atom. The van der Waals surface area contributed by atoms with Crippen molar-refractivity contribution in [3.63, 3.8) is 0 Å². The third-order valence-electron chi connectivity index (χ3n) is 7.19. The molecule has 0 spiro atoms. The van der Waals surface area contributed by atoms with E-state index in [0.29, 0.717) is 39.8 Å². The molecule has 1 aliphatic rings. The number of anilines is 2. The highest BCUT2D eigenvalue weighted by atomic mass is 35.5. The van der Waals surface area contributed by atoms with Gasteiger partial charge in [-0.2, -0.15) is 0 Å². The van der Waals surface area contributed by atoms with Gasteiger partial charge in [0.2, 0.25) is 0 Å². The minimum Gasteiger partial charge on any atom is -0.504 e. The molecule has 0 unspecified atom stereocenters. The van der Waals surface area contributed by atoms with Crippen LogP contribution in [-0.2, 0) is 0 Å². The number of rotatable bonds is 4. The highest BCUT2D eigenvalue weighted by molar-refractivity contribution is 7.20. The Labute approximate surface area is 231 Å². The van der Waals surface area contributed by atoms with Crippen LogP contribution in [-0.4, -0.2) is 29.3 Å². The van der Waals surface area contributed by atoms with Gasteiger partial charge in [0.1, 0.15) is 5.58 Å². The summed E-state index contributed by atoms with van der Waals surface area (Å²) in [5.41, 5.74) is 4.12. The number of aryl methyl sites for hydroxylation is 1. The monoisotopic (exact) mass is 556 g/mol. The zero-order chi connectivity index (χ0) is 26.8. The summed E-state index contributed by atoms with van der Waals surface area (Å²) in [6, 6.07) is 18.1. The van der Waals surface area contributed by atoms with Gasteiger partial charge in [0.05, 0.1) is 16.8 Å². The van der Waals surface area contributed by atoms with Crippen LogP contribution >= 0.6 is 22.9 Å². The zero-order valence-corrected chi connectivity index (χ0v) is 22.2. The molecule has 2 amide bonds. The van der Waals surface area contributed by atoms with Crippen LogP contribution in [0.1, 0.15) is 37.3 Å². The molecule has 9 heteroatoms. The van der Waals surface area contributed by atoms with E-state index in [-0.39, 0.29) is 29.2 Å². The second kappa shape index (κ2) is 8.90. The number of carbonyl (C=O) groups excluding carboxylic acids is 2. The van der Waals surface area contributed by atoms with Crippen LogP contribution in [0.25, 0.3) is 32.0 Å². The van der Waals surface area contributed by atoms with Crippen LogP contribution in [0, 0.1) is 6.92 Å². The molecular weight excluding hydrogens is 536 g/mol. The number of amides is 2. The fraction of sp³-hybridized carbons (Fsp3) is 0.133. The van der Waals surface area contributed by atoms with Crippen LogP contribution < -0.4 is 10.2 Å². The Morgan fingerprint density at radius 1 is 1.13 bits per heavy atom. The van der Waals surface area contributed by atoms with Crippen molar-refractivity contribution in [3.05, 3.63) is 88.7 Å². The van der Waals surface area contributed by atoms with E-state index < -0.39 is 0 Å². The Morgan fingerprint density at radius 2 is 1.97 bits per heavy atom. The molecule has 0 saturated carbocycles. The predicted octanol–water partition coefficient (Wildman–Crippen LogP) is 7.64. The first kappa shape index (κ1) is 23.8. The fourth-order valence-electron chi connectivity index (χ4n) is 5.38. The number of hydrogen-bond donors (Lipinski definition) is 2. The normalized spacial score (nSPS) is 14.9. The number of fused-ring (bicyclic) bond motifs is 5. The second-order valence-corrected chi connectivity index (χ2v) is 11.1. The van der Waals surface area contributed by atoms with E-state index >= 15 is 0 Å². The van der Waals surface area contributed by atoms with E-state index in [0.717, 1.165) is 32.0 Å². The highest BCUT2D eigenvalue weighted by Crippen LogP contribution is 2.47. The lowest BCUT2D eigenvalue weighted by atomic mass is 9.97. The molecule has 0 radical (unpaired) electrons. The minimum absolute atomic E-state index is 0.00829. The number of thiophene rings is 1. The van der Waals surface area contributed by atoms with Crippen molar-refractivity contribution in [2.45, 2.75) is 12.8 Å². The number of alkyl halides is 1. The van der Waals surface area contributed by atoms with Gasteiger partial charge < -0.3 is 24.2 Å². The molecule has 0 aliphatic carbocycles. The van der Waals surface area contributed by atoms with Crippen LogP contribution in [0.4, 0.5) is 11.4 Å². The SMILES string of the molecule is Cc1coc2c(O)cc3c(c12)[C@H](CCl)CN3C(=O)c1cc2cc(NC(=O)c3cc4ccccc4o3)ccc2s1. The van der Waals surface area contributed by atoms with E-state index in [2.05, 4.69) is 5.32 Å². The van der Waals surface area contributed by atoms with Gasteiger partial charge in [-0.15, -0.1) is 22.9 Å². The number of halogens is 1. The molecule has 1 atom stereocenters. The first-order chi connectivity index (χ1) is 18.9. The number of nitrogens with one attached hydrogen (secondary N) is 1. The molecule has 0 saturated heterocycles. The molecule has 0 fully saturated rings. The average Bonchev–Trinajstić information content (AvgIpc) is 3.71. The van der Waals surface area contributed by atoms with Gasteiger partial charge in [-0.25, -0.2) is 0 Å². The van der Waals surface area contributed by atoms with Crippen LogP contribution in [0.2, 0.25) is 0 Å². The third-order valence-corrected chi connectivity index (χ3v) is 8.67. The highest BCUT2D eigenvalue weighted by Gasteiger charge is 2.36. The molecule has 6 aromatic rings. The standard InChI is InChI=1S/C30H21ClN2O5S/c1-15-14-37-28-21(34)11-20-27(26(15)28)18(12-31)13-33(20)30(36)25-10-17-8-19(6-7-24(17)39-25)32-29(35)23-9-16-4-2-3-5-22(16)38-23/h2-11,14,18,34H,12-13H2,1H3,(H,32,35)/t18-/m1/s1. The Kier molecular flexibility index (Phi) is 5.43. The number of aromatic hydroxyl groups is 1. The third kappa shape index (κ3) is 3.78. The van der Waals surface area contributed by atoms with Gasteiger partial charge in [0.15, 0.2) is 17.1 Å². The largest absolute Gasteiger partial charge is 0.504 e. The summed E-state index contributed by atoms with van der Waals surface area (Å²) >= 11 is 7.71. The number of hydrogen-bond acceptors (Lipinski definition) is 6. The zero-order valence-electron chi connectivity index (χ0n) is 20.7. The number of para-hydroxylation sites is 1. The smallest absolute Gasteiger partial charge is 0.291 e. The van der Waals surface area contributed by atoms with Gasteiger partial charge in [-0.3, -0.25) is 9.59 Å². The van der Waals surface area contributed by atoms with Crippen molar-refractivity contribution in [1.29, 1.82) is 0 Å². The minimum atomic E-state index is -0.349. The number of phenolic OH excluding ortho intramolecular Hbond substituents is 1. The molecule has 4 heterocycles. The number of carbonyl (C=O) groups is 2. The topological polar surface area (TPSA) is 95.9 Å². The van der Waals surface area contributed by atoms with Crippen LogP contribution in [0.5, 0.6) is 5.75 Å². The number of furan rings is 2. The van der Waals surface area contributed by atoms with Crippen LogP contribution in [0.15, 0.2) is 75.8 Å². The fourth-order valence-corrected chi connectivity index (χ4v) is 6.62. The molecule has 7 rings (SSSR count). The number of phenols is 1. The molecule has 3 aromatic heterocycles. The summed E-state index contributed by atoms with van der Waals surface area (Å²) in [4.78, 5) is 28.8. The van der Waals surface area contributed by atoms with Gasteiger partial charge in [0, 0.05) is 45.6 Å². The quantitative estimate of drug-likeness (QED) is 0.217. The molecule has 39 heavy (non-hydrogen) atoms. The van der Waals surface area contributed by atoms with E-state index in [1.54, 1.807) is 29.4 Å². The average molecular weight is 557 g/mol. The van der Waals surface area contributed by atoms with Crippen molar-refractivity contribution >= 4 is 78.2 Å². The Balaban J connectivity index is 1.19. The predicted molar refractivity (Wildman–Crippen MR) is 154 cm³/mol. The van der Waals surface area contributed by atoms with Crippen molar-refractivity contribution in [1.82, 2.24) is 0 Å². The summed E-state index contributed by atoms with van der Waals surface area (Å²) in [6.45, 7) is 2.33. The van der Waals surface area contributed by atoms with E-state index in [4.69, 9.17) is 20.4 Å². The lowest BCUT2D eigenvalue weighted by Gasteiger charge is -2.17. The molecular formula is C30H21ClN2O5S. The molecule has 1 aliphatic heterocycles. The van der Waals surface area contributed by atoms with Crippen molar-refractivity contribution in [3.8, 4) is 5.75 Å². The first-order valence-corrected chi connectivity index (χ1v) is 13.7. The maximum atomic E-state index is 13.8. The number of benzene rings is 3. The van der Waals surface area contributed by atoms with Crippen molar-refractivity contribution in [2.75, 3.05) is 22.6 Å². The van der Waals surface area contributed by atoms with Crippen molar-refractivity contribution in [2.24, 2.45) is 0 Å². The maximum absolute atomic E-state index is 13.8. The summed E-state index contributed by atoms with van der Waals surface area (Å²) in [5.74, 6) is -0.0479. The van der Waals surface area contributed by atoms with Gasteiger partial charge in [0.25, 0.3) is 11.8 Å². The van der Waals surface area contributed by atoms with Crippen LogP contribution in [0.3, 0.4) is 0 Å². The van der Waals surface area contributed by atoms with E-state index in [1.807, 2.05) is 49.4 Å². The first-order valence-electron chi connectivity index (χ1n) is 12.4. The lowest BCUT2D eigenvalue weighted by molar-refractivity contribution is 0.0987. The Hall–Kier alpha value is -4.27. The Bertz CT molecular complexity index is 1920. The summed E-state index contributed by atoms with van der Waals surface area (Å²) in [7, 11) is 0. The lowest BCUT2D eigenvalue weighted by Crippen LogP contribution is -2.29. The summed E-state index contributed by atoms with van der Waals surface area (Å²) in [5, 5.41) is 16.0. The molecule has 2 N–H and O–H groups in total. The van der Waals surface area contributed by atoms with E-state index in [9.17, 15) is 14.7 Å². The van der Waals surface area contributed by atoms with E-state index in [1.165, 1.54) is 11.3 Å². The van der Waals surface area contributed by atoms with Crippen molar-refractivity contribution < 1.29 is 23.5 Å². The molecule has 3 aromatic carbocycles. The molecule has 194 valence electrons. The van der Waals surface area contributed by atoms with Gasteiger partial charge in [-0.1, -0.05) is 18.2 Å². The summed E-state index contributed by atoms with van der Waals surface area (Å²) < 4.78 is 12.2. The maximum Gasteiger partial charge on any atom is 0.291 e. The summed E-state index contributed by atoms with van der Waals surface area (Å²) in [6.07, 6.45) is 1.61. The molecule has 0 bridgehead atoms. The van der Waals surface area contributed by atoms with Gasteiger partial charge in [-0.05, 0) is 59.8 Å². The molecule has 7 nitrogen and oxygen atoms in total.